The van der Waals surface area contributed by atoms with Crippen LogP contribution in [0.2, 0.25) is 5.02 Å². The Labute approximate surface area is 180 Å². The highest BCUT2D eigenvalue weighted by Crippen LogP contribution is 2.29. The van der Waals surface area contributed by atoms with Gasteiger partial charge in [-0.3, -0.25) is 4.40 Å². The first-order valence-electron chi connectivity index (χ1n) is 9.87. The van der Waals surface area contributed by atoms with E-state index in [9.17, 15) is 0 Å². The monoisotopic (exact) mass is 409 g/mol. The highest BCUT2D eigenvalue weighted by molar-refractivity contribution is 6.30. The number of rotatable bonds is 3. The fourth-order valence-electron chi connectivity index (χ4n) is 3.54. The van der Waals surface area contributed by atoms with Crippen molar-refractivity contribution in [3.8, 4) is 33.8 Å². The number of aromatic nitrogens is 3. The first-order chi connectivity index (χ1) is 14.6. The van der Waals surface area contributed by atoms with E-state index >= 15 is 0 Å². The van der Waals surface area contributed by atoms with E-state index in [1.54, 1.807) is 0 Å². The molecule has 0 fully saturated rings. The molecule has 0 aliphatic carbocycles. The fraction of sp³-hybridized carbons (Fsp3) is 0.0769. The van der Waals surface area contributed by atoms with Crippen LogP contribution < -0.4 is 0 Å². The Morgan fingerprint density at radius 2 is 1.13 bits per heavy atom. The van der Waals surface area contributed by atoms with Crippen LogP contribution in [0.25, 0.3) is 39.5 Å². The predicted octanol–water partition coefficient (Wildman–Crippen LogP) is 7.00. The van der Waals surface area contributed by atoms with Gasteiger partial charge in [0.25, 0.3) is 0 Å². The highest BCUT2D eigenvalue weighted by Gasteiger charge is 2.13. The van der Waals surface area contributed by atoms with Gasteiger partial charge < -0.3 is 0 Å². The lowest BCUT2D eigenvalue weighted by Crippen LogP contribution is -1.96. The van der Waals surface area contributed by atoms with Gasteiger partial charge in [-0.2, -0.15) is 0 Å². The van der Waals surface area contributed by atoms with Crippen molar-refractivity contribution >= 4 is 17.4 Å². The molecule has 146 valence electrons. The first-order valence-corrected chi connectivity index (χ1v) is 10.2. The number of aryl methyl sites for hydroxylation is 2. The van der Waals surface area contributed by atoms with Gasteiger partial charge in [0.15, 0.2) is 0 Å². The Morgan fingerprint density at radius 3 is 1.77 bits per heavy atom. The van der Waals surface area contributed by atoms with Gasteiger partial charge in [0.05, 0.1) is 17.1 Å². The topological polar surface area (TPSA) is 30.2 Å². The van der Waals surface area contributed by atoms with Crippen molar-refractivity contribution in [2.75, 3.05) is 0 Å². The third-order valence-corrected chi connectivity index (χ3v) is 5.53. The van der Waals surface area contributed by atoms with Gasteiger partial charge in [0, 0.05) is 22.3 Å². The van der Waals surface area contributed by atoms with E-state index in [2.05, 4.69) is 72.8 Å². The summed E-state index contributed by atoms with van der Waals surface area (Å²) in [4.78, 5) is 9.70. The molecule has 0 amide bonds. The molecule has 0 saturated carbocycles. The van der Waals surface area contributed by atoms with E-state index in [1.165, 1.54) is 11.1 Å². The van der Waals surface area contributed by atoms with Crippen LogP contribution >= 0.6 is 11.6 Å². The maximum atomic E-state index is 6.06. The smallest absolute Gasteiger partial charge is 0.235 e. The standard InChI is InChI=1S/C26H20ClN3/c1-17-3-7-19(8-4-17)23-15-25(21-9-5-18(2)6-10-21)30-16-24(29-26(30)28-23)20-11-13-22(27)14-12-20/h3-16H,1-2H3. The van der Waals surface area contributed by atoms with Gasteiger partial charge in [-0.1, -0.05) is 83.4 Å². The third-order valence-electron chi connectivity index (χ3n) is 5.28. The molecule has 5 rings (SSSR count). The Kier molecular flexibility index (Phi) is 4.61. The van der Waals surface area contributed by atoms with E-state index in [0.717, 1.165) is 33.8 Å². The zero-order valence-corrected chi connectivity index (χ0v) is 17.6. The van der Waals surface area contributed by atoms with Gasteiger partial charge in [-0.25, -0.2) is 9.97 Å². The number of halogens is 1. The number of benzene rings is 3. The van der Waals surface area contributed by atoms with Crippen LogP contribution in [0.15, 0.2) is 85.1 Å². The van der Waals surface area contributed by atoms with Crippen LogP contribution in [-0.4, -0.2) is 14.4 Å². The quantitative estimate of drug-likeness (QED) is 0.321. The molecule has 0 bridgehead atoms. The Morgan fingerprint density at radius 1 is 0.633 bits per heavy atom. The molecule has 0 unspecified atom stereocenters. The third kappa shape index (κ3) is 3.49. The maximum absolute atomic E-state index is 6.06. The van der Waals surface area contributed by atoms with Crippen LogP contribution in [0.3, 0.4) is 0 Å². The van der Waals surface area contributed by atoms with Crippen LogP contribution in [0.1, 0.15) is 11.1 Å². The van der Waals surface area contributed by atoms with Gasteiger partial charge in [-0.05, 0) is 37.6 Å². The first kappa shape index (κ1) is 18.6. The molecule has 0 atom stereocenters. The number of fused-ring (bicyclic) bond motifs is 1. The number of nitrogens with zero attached hydrogens (tertiary/aromatic N) is 3. The van der Waals surface area contributed by atoms with Gasteiger partial charge >= 0.3 is 0 Å². The van der Waals surface area contributed by atoms with E-state index in [0.29, 0.717) is 10.8 Å². The average Bonchev–Trinajstić information content (AvgIpc) is 3.19. The minimum absolute atomic E-state index is 0.675. The Bertz CT molecular complexity index is 1330. The summed E-state index contributed by atoms with van der Waals surface area (Å²) in [5.41, 5.74) is 8.51. The normalized spacial score (nSPS) is 11.2. The second kappa shape index (κ2) is 7.43. The van der Waals surface area contributed by atoms with Crippen molar-refractivity contribution in [2.24, 2.45) is 0 Å². The molecule has 0 saturated heterocycles. The molecule has 3 aromatic carbocycles. The molecule has 4 heteroatoms. The second-order valence-electron chi connectivity index (χ2n) is 7.56. The summed E-state index contributed by atoms with van der Waals surface area (Å²) in [6.45, 7) is 4.19. The molecule has 3 nitrogen and oxygen atoms in total. The lowest BCUT2D eigenvalue weighted by molar-refractivity contribution is 1.12. The van der Waals surface area contributed by atoms with Crippen LogP contribution in [0.4, 0.5) is 0 Å². The summed E-state index contributed by atoms with van der Waals surface area (Å²) in [6, 6.07) is 26.8. The average molecular weight is 410 g/mol. The molecule has 30 heavy (non-hydrogen) atoms. The van der Waals surface area contributed by atoms with Crippen molar-refractivity contribution in [1.29, 1.82) is 0 Å². The molecule has 0 spiro atoms. The Balaban J connectivity index is 1.74. The fourth-order valence-corrected chi connectivity index (χ4v) is 3.67. The lowest BCUT2D eigenvalue weighted by Gasteiger charge is -2.09. The largest absolute Gasteiger partial charge is 0.283 e. The maximum Gasteiger partial charge on any atom is 0.235 e. The summed E-state index contributed by atoms with van der Waals surface area (Å²) in [6.07, 6.45) is 2.04. The molecule has 2 heterocycles. The summed E-state index contributed by atoms with van der Waals surface area (Å²) in [5.74, 6) is 0.675. The zero-order chi connectivity index (χ0) is 20.7. The molecule has 0 aliphatic heterocycles. The van der Waals surface area contributed by atoms with Crippen molar-refractivity contribution in [3.05, 3.63) is 101 Å². The molecular weight excluding hydrogens is 390 g/mol. The molecule has 2 aromatic heterocycles. The van der Waals surface area contributed by atoms with Gasteiger partial charge in [0.1, 0.15) is 0 Å². The van der Waals surface area contributed by atoms with Crippen molar-refractivity contribution in [1.82, 2.24) is 14.4 Å². The van der Waals surface area contributed by atoms with Gasteiger partial charge in [0.2, 0.25) is 5.78 Å². The molecule has 0 radical (unpaired) electrons. The highest BCUT2D eigenvalue weighted by atomic mass is 35.5. The van der Waals surface area contributed by atoms with Crippen molar-refractivity contribution in [3.63, 3.8) is 0 Å². The number of hydrogen-bond acceptors (Lipinski definition) is 2. The summed E-state index contributed by atoms with van der Waals surface area (Å²) < 4.78 is 2.06. The molecule has 0 aliphatic rings. The second-order valence-corrected chi connectivity index (χ2v) is 8.00. The van der Waals surface area contributed by atoms with Crippen LogP contribution in [0.5, 0.6) is 0 Å². The van der Waals surface area contributed by atoms with Crippen LogP contribution in [-0.2, 0) is 0 Å². The lowest BCUT2D eigenvalue weighted by atomic mass is 10.1. The van der Waals surface area contributed by atoms with E-state index in [1.807, 2.05) is 30.5 Å². The van der Waals surface area contributed by atoms with Crippen LogP contribution in [0, 0.1) is 13.8 Å². The predicted molar refractivity (Wildman–Crippen MR) is 124 cm³/mol. The van der Waals surface area contributed by atoms with Crippen molar-refractivity contribution in [2.45, 2.75) is 13.8 Å². The summed E-state index contributed by atoms with van der Waals surface area (Å²) in [7, 11) is 0. The van der Waals surface area contributed by atoms with Gasteiger partial charge in [-0.15, -0.1) is 0 Å². The molecule has 5 aromatic rings. The number of hydrogen-bond donors (Lipinski definition) is 0. The zero-order valence-electron chi connectivity index (χ0n) is 16.8. The Hall–Kier alpha value is -3.43. The molecular formula is C26H20ClN3. The minimum atomic E-state index is 0.675. The van der Waals surface area contributed by atoms with E-state index < -0.39 is 0 Å². The molecule has 0 N–H and O–H groups in total. The van der Waals surface area contributed by atoms with Crippen molar-refractivity contribution < 1.29 is 0 Å². The minimum Gasteiger partial charge on any atom is -0.283 e. The number of imidazole rings is 1. The summed E-state index contributed by atoms with van der Waals surface area (Å²) in [5, 5.41) is 0.711. The van der Waals surface area contributed by atoms with E-state index in [4.69, 9.17) is 21.6 Å². The SMILES string of the molecule is Cc1ccc(-c2cc(-c3ccc(C)cc3)n3cc(-c4ccc(Cl)cc4)nc3n2)cc1. The van der Waals surface area contributed by atoms with E-state index in [-0.39, 0.29) is 0 Å². The summed E-state index contributed by atoms with van der Waals surface area (Å²) >= 11 is 6.06.